The molecule has 168 valence electrons. The number of benzene rings is 1. The fourth-order valence-corrected chi connectivity index (χ4v) is 4.93. The van der Waals surface area contributed by atoms with Crippen molar-refractivity contribution in [1.82, 2.24) is 19.8 Å². The molecule has 0 aliphatic carbocycles. The quantitative estimate of drug-likeness (QED) is 0.597. The summed E-state index contributed by atoms with van der Waals surface area (Å²) in [5.41, 5.74) is 1.61. The zero-order valence-electron chi connectivity index (χ0n) is 18.3. The Morgan fingerprint density at radius 3 is 2.56 bits per heavy atom. The van der Waals surface area contributed by atoms with Crippen molar-refractivity contribution in [2.24, 2.45) is 0 Å². The molecular weight excluding hydrogens is 426 g/mol. The highest BCUT2D eigenvalue weighted by Crippen LogP contribution is 2.25. The maximum absolute atomic E-state index is 12.7. The minimum Gasteiger partial charge on any atom is -0.340 e. The van der Waals surface area contributed by atoms with E-state index in [4.69, 9.17) is 0 Å². The molecule has 1 aliphatic heterocycles. The lowest BCUT2D eigenvalue weighted by Crippen LogP contribution is -2.50. The summed E-state index contributed by atoms with van der Waals surface area (Å²) in [6, 6.07) is 9.38. The van der Waals surface area contributed by atoms with E-state index in [2.05, 4.69) is 20.2 Å². The van der Waals surface area contributed by atoms with Crippen molar-refractivity contribution in [3.63, 3.8) is 0 Å². The fraction of sp³-hybridized carbons (Fsp3) is 0.391. The van der Waals surface area contributed by atoms with Gasteiger partial charge in [0.05, 0.1) is 11.9 Å². The predicted molar refractivity (Wildman–Crippen MR) is 126 cm³/mol. The molecule has 0 unspecified atom stereocenters. The van der Waals surface area contributed by atoms with E-state index in [9.17, 15) is 14.4 Å². The summed E-state index contributed by atoms with van der Waals surface area (Å²) in [6.45, 7) is 6.70. The second-order valence-electron chi connectivity index (χ2n) is 8.05. The van der Waals surface area contributed by atoms with Crippen molar-refractivity contribution in [1.29, 1.82) is 0 Å². The molecule has 0 spiro atoms. The Hall–Kier alpha value is -3.04. The molecule has 0 radical (unpaired) electrons. The van der Waals surface area contributed by atoms with Crippen LogP contribution >= 0.6 is 11.3 Å². The number of carbonyl (C=O) groups excluding carboxylic acids is 2. The molecule has 0 bridgehead atoms. The molecule has 1 aromatic carbocycles. The van der Waals surface area contributed by atoms with Crippen molar-refractivity contribution in [2.75, 3.05) is 38.0 Å². The minimum absolute atomic E-state index is 0.0414. The third-order valence-corrected chi connectivity index (χ3v) is 6.91. The highest BCUT2D eigenvalue weighted by atomic mass is 32.1. The summed E-state index contributed by atoms with van der Waals surface area (Å²) >= 11 is 1.51. The number of H-pyrrole nitrogens is 1. The smallest absolute Gasteiger partial charge is 0.259 e. The first-order chi connectivity index (χ1) is 15.4. The Balaban J connectivity index is 1.25. The molecule has 9 heteroatoms. The summed E-state index contributed by atoms with van der Waals surface area (Å²) in [5.74, 6) is 0.536. The van der Waals surface area contributed by atoms with Gasteiger partial charge in [0, 0.05) is 49.6 Å². The van der Waals surface area contributed by atoms with Crippen LogP contribution in [0.4, 0.5) is 5.69 Å². The van der Waals surface area contributed by atoms with Gasteiger partial charge < -0.3 is 15.2 Å². The van der Waals surface area contributed by atoms with Crippen molar-refractivity contribution in [3.05, 3.63) is 57.0 Å². The summed E-state index contributed by atoms with van der Waals surface area (Å²) in [4.78, 5) is 50.4. The molecule has 1 aliphatic rings. The van der Waals surface area contributed by atoms with Crippen LogP contribution in [-0.4, -0.2) is 64.3 Å². The monoisotopic (exact) mass is 453 g/mol. The lowest BCUT2D eigenvalue weighted by molar-refractivity contribution is -0.133. The number of aryl methyl sites for hydroxylation is 3. The van der Waals surface area contributed by atoms with Gasteiger partial charge in [-0.3, -0.25) is 19.3 Å². The average Bonchev–Trinajstić information content (AvgIpc) is 3.07. The molecule has 4 rings (SSSR count). The number of hydrogen-bond acceptors (Lipinski definition) is 6. The zero-order chi connectivity index (χ0) is 22.7. The summed E-state index contributed by atoms with van der Waals surface area (Å²) in [7, 11) is 0. The Morgan fingerprint density at radius 1 is 1.12 bits per heavy atom. The number of para-hydroxylation sites is 1. The normalized spacial score (nSPS) is 14.6. The van der Waals surface area contributed by atoms with Crippen molar-refractivity contribution < 1.29 is 9.59 Å². The molecule has 32 heavy (non-hydrogen) atoms. The number of nitrogens with zero attached hydrogens (tertiary/aromatic N) is 3. The SMILES string of the molecule is Cc1sc2nc(CCC(=O)N3CCN(CC(=O)Nc4ccccc4)CC3)[nH]c(=O)c2c1C. The van der Waals surface area contributed by atoms with Crippen LogP contribution in [0.25, 0.3) is 10.2 Å². The van der Waals surface area contributed by atoms with E-state index in [1.807, 2.05) is 49.1 Å². The number of anilines is 1. The van der Waals surface area contributed by atoms with Gasteiger partial charge in [-0.1, -0.05) is 18.2 Å². The van der Waals surface area contributed by atoms with Crippen LogP contribution in [0, 0.1) is 13.8 Å². The van der Waals surface area contributed by atoms with Crippen LogP contribution in [0.5, 0.6) is 0 Å². The number of aromatic nitrogens is 2. The van der Waals surface area contributed by atoms with E-state index < -0.39 is 0 Å². The summed E-state index contributed by atoms with van der Waals surface area (Å²) in [6.07, 6.45) is 0.700. The third-order valence-electron chi connectivity index (χ3n) is 5.81. The lowest BCUT2D eigenvalue weighted by Gasteiger charge is -2.34. The molecule has 3 aromatic rings. The highest BCUT2D eigenvalue weighted by Gasteiger charge is 2.22. The van der Waals surface area contributed by atoms with E-state index in [0.717, 1.165) is 21.0 Å². The van der Waals surface area contributed by atoms with Crippen molar-refractivity contribution in [2.45, 2.75) is 26.7 Å². The van der Waals surface area contributed by atoms with E-state index in [0.29, 0.717) is 56.8 Å². The molecule has 1 fully saturated rings. The topological polar surface area (TPSA) is 98.4 Å². The number of carbonyl (C=O) groups is 2. The Morgan fingerprint density at radius 2 is 1.84 bits per heavy atom. The average molecular weight is 454 g/mol. The first-order valence-corrected chi connectivity index (χ1v) is 11.6. The Kier molecular flexibility index (Phi) is 6.66. The fourth-order valence-electron chi connectivity index (χ4n) is 3.88. The van der Waals surface area contributed by atoms with Crippen LogP contribution in [0.1, 0.15) is 22.7 Å². The van der Waals surface area contributed by atoms with Gasteiger partial charge in [-0.15, -0.1) is 11.3 Å². The van der Waals surface area contributed by atoms with Crippen LogP contribution in [0.15, 0.2) is 35.1 Å². The van der Waals surface area contributed by atoms with Gasteiger partial charge in [-0.05, 0) is 31.5 Å². The molecule has 0 saturated carbocycles. The largest absolute Gasteiger partial charge is 0.340 e. The molecule has 2 aromatic heterocycles. The number of fused-ring (bicyclic) bond motifs is 1. The van der Waals surface area contributed by atoms with Gasteiger partial charge >= 0.3 is 0 Å². The van der Waals surface area contributed by atoms with Crippen LogP contribution in [0.3, 0.4) is 0 Å². The zero-order valence-corrected chi connectivity index (χ0v) is 19.1. The van der Waals surface area contributed by atoms with Gasteiger partial charge in [0.15, 0.2) is 0 Å². The van der Waals surface area contributed by atoms with Crippen molar-refractivity contribution >= 4 is 39.1 Å². The minimum atomic E-state index is -0.137. The molecule has 3 heterocycles. The number of amides is 2. The van der Waals surface area contributed by atoms with Gasteiger partial charge in [-0.2, -0.15) is 0 Å². The Bertz CT molecular complexity index is 1180. The first kappa shape index (κ1) is 22.2. The highest BCUT2D eigenvalue weighted by molar-refractivity contribution is 7.18. The number of thiophene rings is 1. The van der Waals surface area contributed by atoms with Gasteiger partial charge in [0.1, 0.15) is 10.7 Å². The maximum atomic E-state index is 12.7. The number of aromatic amines is 1. The number of piperazine rings is 1. The van der Waals surface area contributed by atoms with Gasteiger partial charge in [0.2, 0.25) is 11.8 Å². The number of nitrogens with one attached hydrogen (secondary N) is 2. The predicted octanol–water partition coefficient (Wildman–Crippen LogP) is 2.32. The molecule has 2 amide bonds. The van der Waals surface area contributed by atoms with E-state index in [1.165, 1.54) is 11.3 Å². The van der Waals surface area contributed by atoms with E-state index in [1.54, 1.807) is 0 Å². The maximum Gasteiger partial charge on any atom is 0.259 e. The van der Waals surface area contributed by atoms with E-state index >= 15 is 0 Å². The lowest BCUT2D eigenvalue weighted by atomic mass is 10.2. The van der Waals surface area contributed by atoms with Crippen LogP contribution in [-0.2, 0) is 16.0 Å². The second kappa shape index (κ2) is 9.62. The summed E-state index contributed by atoms with van der Waals surface area (Å²) < 4.78 is 0. The Labute approximate surface area is 190 Å². The van der Waals surface area contributed by atoms with E-state index in [-0.39, 0.29) is 17.4 Å². The van der Waals surface area contributed by atoms with Gasteiger partial charge in [-0.25, -0.2) is 4.98 Å². The standard InChI is InChI=1S/C23H27N5O3S/c1-15-16(2)32-23-21(15)22(31)25-18(26-23)8-9-20(30)28-12-10-27(11-13-28)14-19(29)24-17-6-4-3-5-7-17/h3-7H,8-14H2,1-2H3,(H,24,29)(H,25,26,31). The van der Waals surface area contributed by atoms with Crippen LogP contribution in [0.2, 0.25) is 0 Å². The second-order valence-corrected chi connectivity index (χ2v) is 9.25. The molecule has 0 atom stereocenters. The number of hydrogen-bond donors (Lipinski definition) is 2. The molecular formula is C23H27N5O3S. The van der Waals surface area contributed by atoms with Gasteiger partial charge in [0.25, 0.3) is 5.56 Å². The molecule has 8 nitrogen and oxygen atoms in total. The molecule has 1 saturated heterocycles. The first-order valence-electron chi connectivity index (χ1n) is 10.7. The van der Waals surface area contributed by atoms with Crippen LogP contribution < -0.4 is 10.9 Å². The molecule has 2 N–H and O–H groups in total. The van der Waals surface area contributed by atoms with Crippen molar-refractivity contribution in [3.8, 4) is 0 Å². The third kappa shape index (κ3) is 5.05. The number of rotatable bonds is 6. The summed E-state index contributed by atoms with van der Waals surface area (Å²) in [5, 5.41) is 3.54.